The second-order valence-corrected chi connectivity index (χ2v) is 10.6. The van der Waals surface area contributed by atoms with E-state index in [2.05, 4.69) is 16.0 Å². The Morgan fingerprint density at radius 2 is 1.97 bits per heavy atom. The molecule has 1 aromatic carbocycles. The molecule has 9 heteroatoms. The fourth-order valence-corrected chi connectivity index (χ4v) is 5.75. The molecule has 31 heavy (non-hydrogen) atoms. The average molecular weight is 458 g/mol. The number of nitrogens with one attached hydrogen (secondary N) is 3. The smallest absolute Gasteiger partial charge is 0.349 e. The van der Waals surface area contributed by atoms with E-state index in [0.29, 0.717) is 23.7 Å². The number of fused-ring (bicyclic) bond motifs is 1. The largest absolute Gasteiger partial charge is 0.416 e. The van der Waals surface area contributed by atoms with E-state index in [-0.39, 0.29) is 24.0 Å². The van der Waals surface area contributed by atoms with E-state index in [1.165, 1.54) is 6.07 Å². The highest BCUT2D eigenvalue weighted by molar-refractivity contribution is 8.00. The van der Waals surface area contributed by atoms with Crippen LogP contribution in [0.3, 0.4) is 0 Å². The number of halogens is 3. The molecule has 3 rings (SSSR count). The van der Waals surface area contributed by atoms with Gasteiger partial charge in [0.1, 0.15) is 0 Å². The molecule has 0 aromatic heterocycles. The Morgan fingerprint density at radius 1 is 1.23 bits per heavy atom. The van der Waals surface area contributed by atoms with Crippen LogP contribution in [0, 0.1) is 5.41 Å². The fourth-order valence-electron chi connectivity index (χ4n) is 4.20. The number of carbonyl (C=O) groups is 2. The van der Waals surface area contributed by atoms with Crippen LogP contribution in [-0.4, -0.2) is 35.0 Å². The van der Waals surface area contributed by atoms with Crippen LogP contribution in [0.15, 0.2) is 24.3 Å². The van der Waals surface area contributed by atoms with Crippen molar-refractivity contribution in [3.8, 4) is 0 Å². The summed E-state index contributed by atoms with van der Waals surface area (Å²) in [6.07, 6.45) is -1.64. The van der Waals surface area contributed by atoms with Crippen molar-refractivity contribution in [2.75, 3.05) is 5.75 Å². The normalized spacial score (nSPS) is 24.3. The zero-order chi connectivity index (χ0) is 22.8. The number of amides is 3. The molecule has 1 aromatic rings. The van der Waals surface area contributed by atoms with Gasteiger partial charge in [-0.25, -0.2) is 4.79 Å². The highest BCUT2D eigenvalue weighted by atomic mass is 32.2. The summed E-state index contributed by atoms with van der Waals surface area (Å²) in [6.45, 7) is 5.70. The van der Waals surface area contributed by atoms with Gasteiger partial charge in [-0.15, -0.1) is 0 Å². The molecule has 4 atom stereocenters. The van der Waals surface area contributed by atoms with Crippen LogP contribution in [0.2, 0.25) is 0 Å². The molecule has 2 aliphatic rings. The standard InChI is InChI=1S/C22H30F3N3O2S/c1-21(2,3)19(13-7-6-8-14(11-13)22(23,24)25)27-17(29)10-5-4-9-16-18-15(12-31-16)26-20(30)28-18/h6-8,11,15-16,18-19H,4-5,9-10,12H2,1-3H3,(H,27,29)(H2,26,28,30)/t15-,16-,18-,19?/m0/s1. The van der Waals surface area contributed by atoms with Crippen molar-refractivity contribution in [1.29, 1.82) is 0 Å². The highest BCUT2D eigenvalue weighted by Crippen LogP contribution is 2.37. The Bertz CT molecular complexity index is 810. The summed E-state index contributed by atoms with van der Waals surface area (Å²) >= 11 is 1.84. The van der Waals surface area contributed by atoms with E-state index in [0.717, 1.165) is 30.7 Å². The molecule has 0 radical (unpaired) electrons. The molecule has 5 nitrogen and oxygen atoms in total. The zero-order valence-corrected chi connectivity index (χ0v) is 18.8. The van der Waals surface area contributed by atoms with Gasteiger partial charge in [-0.05, 0) is 36.0 Å². The summed E-state index contributed by atoms with van der Waals surface area (Å²) in [5, 5.41) is 9.17. The van der Waals surface area contributed by atoms with Crippen molar-refractivity contribution < 1.29 is 22.8 Å². The predicted molar refractivity (Wildman–Crippen MR) is 116 cm³/mol. The number of hydrogen-bond donors (Lipinski definition) is 3. The van der Waals surface area contributed by atoms with Crippen LogP contribution in [0.1, 0.15) is 63.6 Å². The zero-order valence-electron chi connectivity index (χ0n) is 18.0. The van der Waals surface area contributed by atoms with Crippen molar-refractivity contribution >= 4 is 23.7 Å². The maximum Gasteiger partial charge on any atom is 0.416 e. The lowest BCUT2D eigenvalue weighted by atomic mass is 9.81. The maximum atomic E-state index is 13.1. The summed E-state index contributed by atoms with van der Waals surface area (Å²) in [6, 6.07) is 4.88. The minimum atomic E-state index is -4.42. The van der Waals surface area contributed by atoms with Gasteiger partial charge < -0.3 is 16.0 Å². The third-order valence-electron chi connectivity index (χ3n) is 5.80. The summed E-state index contributed by atoms with van der Waals surface area (Å²) in [4.78, 5) is 24.0. The van der Waals surface area contributed by atoms with Crippen molar-refractivity contribution in [3.63, 3.8) is 0 Å². The van der Waals surface area contributed by atoms with E-state index in [4.69, 9.17) is 0 Å². The number of urea groups is 1. The fraction of sp³-hybridized carbons (Fsp3) is 0.636. The molecule has 0 spiro atoms. The first kappa shape index (κ1) is 23.8. The lowest BCUT2D eigenvalue weighted by Gasteiger charge is -2.32. The quantitative estimate of drug-likeness (QED) is 0.413. The molecule has 2 aliphatic heterocycles. The van der Waals surface area contributed by atoms with E-state index in [1.807, 2.05) is 32.5 Å². The predicted octanol–water partition coefficient (Wildman–Crippen LogP) is 4.63. The van der Waals surface area contributed by atoms with Crippen LogP contribution < -0.4 is 16.0 Å². The molecule has 3 amide bonds. The number of alkyl halides is 3. The molecule has 2 saturated heterocycles. The molecule has 1 unspecified atom stereocenters. The van der Waals surface area contributed by atoms with Crippen LogP contribution >= 0.6 is 11.8 Å². The Morgan fingerprint density at radius 3 is 2.65 bits per heavy atom. The molecule has 172 valence electrons. The van der Waals surface area contributed by atoms with Crippen LogP contribution in [0.5, 0.6) is 0 Å². The Kier molecular flexibility index (Phi) is 7.13. The third-order valence-corrected chi connectivity index (χ3v) is 7.31. The molecular weight excluding hydrogens is 427 g/mol. The monoisotopic (exact) mass is 457 g/mol. The summed E-state index contributed by atoms with van der Waals surface area (Å²) in [5.41, 5.74) is -0.703. The van der Waals surface area contributed by atoms with E-state index in [9.17, 15) is 22.8 Å². The molecule has 3 N–H and O–H groups in total. The molecule has 0 aliphatic carbocycles. The van der Waals surface area contributed by atoms with Gasteiger partial charge in [-0.1, -0.05) is 39.3 Å². The van der Waals surface area contributed by atoms with Gasteiger partial charge in [0.05, 0.1) is 23.7 Å². The minimum Gasteiger partial charge on any atom is -0.349 e. The third kappa shape index (κ3) is 6.08. The molecule has 0 saturated carbocycles. The number of hydrogen-bond acceptors (Lipinski definition) is 3. The van der Waals surface area contributed by atoms with Gasteiger partial charge in [0, 0.05) is 17.4 Å². The van der Waals surface area contributed by atoms with Crippen molar-refractivity contribution in [2.24, 2.45) is 5.41 Å². The average Bonchev–Trinajstić information content (AvgIpc) is 3.21. The number of thioether (sulfide) groups is 1. The Labute approximate surface area is 185 Å². The van der Waals surface area contributed by atoms with Crippen LogP contribution in [0.25, 0.3) is 0 Å². The lowest BCUT2D eigenvalue weighted by molar-refractivity contribution is -0.137. The lowest BCUT2D eigenvalue weighted by Crippen LogP contribution is -2.37. The topological polar surface area (TPSA) is 70.2 Å². The molecule has 2 heterocycles. The number of benzene rings is 1. The Hall–Kier alpha value is -1.90. The van der Waals surface area contributed by atoms with Gasteiger partial charge in [-0.3, -0.25) is 4.79 Å². The first-order valence-electron chi connectivity index (χ1n) is 10.6. The highest BCUT2D eigenvalue weighted by Gasteiger charge is 2.42. The molecule has 0 bridgehead atoms. The van der Waals surface area contributed by atoms with E-state index >= 15 is 0 Å². The van der Waals surface area contributed by atoms with Gasteiger partial charge in [-0.2, -0.15) is 24.9 Å². The molecular formula is C22H30F3N3O2S. The van der Waals surface area contributed by atoms with Gasteiger partial charge in [0.25, 0.3) is 0 Å². The van der Waals surface area contributed by atoms with Gasteiger partial charge in [0.2, 0.25) is 5.91 Å². The van der Waals surface area contributed by atoms with Crippen molar-refractivity contribution in [1.82, 2.24) is 16.0 Å². The number of unbranched alkanes of at least 4 members (excludes halogenated alkanes) is 1. The maximum absolute atomic E-state index is 13.1. The summed E-state index contributed by atoms with van der Waals surface area (Å²) in [7, 11) is 0. The summed E-state index contributed by atoms with van der Waals surface area (Å²) < 4.78 is 39.3. The number of carbonyl (C=O) groups excluding carboxylic acids is 2. The van der Waals surface area contributed by atoms with E-state index in [1.54, 1.807) is 6.07 Å². The number of rotatable bonds is 7. The first-order valence-corrected chi connectivity index (χ1v) is 11.6. The van der Waals surface area contributed by atoms with Gasteiger partial charge >= 0.3 is 12.2 Å². The second-order valence-electron chi connectivity index (χ2n) is 9.36. The summed E-state index contributed by atoms with van der Waals surface area (Å²) in [5.74, 6) is 0.740. The second kappa shape index (κ2) is 9.30. The van der Waals surface area contributed by atoms with Gasteiger partial charge in [0.15, 0.2) is 0 Å². The SMILES string of the molecule is CC(C)(C)C(NC(=O)CCCC[C@@H]1SC[C@@H]2NC(=O)N[C@@H]21)c1cccc(C(F)(F)F)c1. The first-order chi connectivity index (χ1) is 14.4. The minimum absolute atomic E-state index is 0.109. The van der Waals surface area contributed by atoms with E-state index < -0.39 is 23.2 Å². The molecule has 2 fully saturated rings. The van der Waals surface area contributed by atoms with Crippen LogP contribution in [0.4, 0.5) is 18.0 Å². The van der Waals surface area contributed by atoms with Crippen molar-refractivity contribution in [2.45, 2.75) is 76.0 Å². The van der Waals surface area contributed by atoms with Crippen molar-refractivity contribution in [3.05, 3.63) is 35.4 Å². The Balaban J connectivity index is 1.52. The van der Waals surface area contributed by atoms with Crippen LogP contribution in [-0.2, 0) is 11.0 Å².